The van der Waals surface area contributed by atoms with Crippen molar-refractivity contribution < 1.29 is 4.79 Å². The van der Waals surface area contributed by atoms with Crippen LogP contribution in [0.1, 0.15) is 32.1 Å². The molecule has 3 rings (SSSR count). The Kier molecular flexibility index (Phi) is 5.78. The molecule has 0 spiro atoms. The number of aromatic nitrogens is 3. The highest BCUT2D eigenvalue weighted by molar-refractivity contribution is 8.77. The molecule has 2 aromatic rings. The minimum Gasteiger partial charge on any atom is -0.326 e. The average molecular weight is 364 g/mol. The maximum absolute atomic E-state index is 12.1. The van der Waals surface area contributed by atoms with Crippen LogP contribution >= 0.6 is 21.6 Å². The first kappa shape index (κ1) is 17.3. The van der Waals surface area contributed by atoms with Crippen LogP contribution < -0.4 is 10.9 Å². The summed E-state index contributed by atoms with van der Waals surface area (Å²) in [5, 5.41) is 11.8. The van der Waals surface area contributed by atoms with Gasteiger partial charge in [-0.25, -0.2) is 4.68 Å². The number of unbranched alkanes of at least 4 members (excludes halogenated alkanes) is 1. The number of hydrogen-bond donors (Lipinski definition) is 1. The summed E-state index contributed by atoms with van der Waals surface area (Å²) in [5.41, 5.74) is 0.936. The minimum absolute atomic E-state index is 0.0124. The van der Waals surface area contributed by atoms with Crippen LogP contribution in [0.3, 0.4) is 0 Å². The summed E-state index contributed by atoms with van der Waals surface area (Å²) >= 11 is 0. The summed E-state index contributed by atoms with van der Waals surface area (Å²) in [6.45, 7) is 0. The molecule has 24 heavy (non-hydrogen) atoms. The number of anilines is 1. The Morgan fingerprint density at radius 1 is 1.42 bits per heavy atom. The summed E-state index contributed by atoms with van der Waals surface area (Å²) in [6, 6.07) is 5.12. The van der Waals surface area contributed by atoms with Crippen LogP contribution in [0.4, 0.5) is 5.69 Å². The lowest BCUT2D eigenvalue weighted by atomic mass is 10.1. The number of amides is 1. The topological polar surface area (TPSA) is 76.9 Å². The fourth-order valence-electron chi connectivity index (χ4n) is 2.65. The van der Waals surface area contributed by atoms with E-state index in [4.69, 9.17) is 0 Å². The van der Waals surface area contributed by atoms with Gasteiger partial charge in [-0.3, -0.25) is 9.59 Å². The molecule has 1 aliphatic rings. The van der Waals surface area contributed by atoms with E-state index in [2.05, 4.69) is 15.6 Å². The zero-order valence-corrected chi connectivity index (χ0v) is 15.2. The third-order valence-electron chi connectivity index (χ3n) is 4.00. The Labute approximate surface area is 148 Å². The summed E-state index contributed by atoms with van der Waals surface area (Å²) < 4.78 is 1.19. The van der Waals surface area contributed by atoms with Gasteiger partial charge in [0.05, 0.1) is 5.39 Å². The number of nitrogens with one attached hydrogen (secondary N) is 1. The lowest BCUT2D eigenvalue weighted by molar-refractivity contribution is -0.116. The Morgan fingerprint density at radius 3 is 3.08 bits per heavy atom. The van der Waals surface area contributed by atoms with Gasteiger partial charge in [-0.1, -0.05) is 33.2 Å². The van der Waals surface area contributed by atoms with E-state index in [0.717, 1.165) is 18.1 Å². The molecule has 8 heteroatoms. The smallest absolute Gasteiger partial charge is 0.277 e. The first-order chi connectivity index (χ1) is 11.6. The molecule has 6 nitrogen and oxygen atoms in total. The van der Waals surface area contributed by atoms with Crippen molar-refractivity contribution in [1.29, 1.82) is 0 Å². The molecule has 1 N–H and O–H groups in total. The normalized spacial score (nSPS) is 17.3. The molecule has 1 aromatic carbocycles. The van der Waals surface area contributed by atoms with E-state index in [0.29, 0.717) is 23.0 Å². The van der Waals surface area contributed by atoms with Gasteiger partial charge in [0.1, 0.15) is 5.52 Å². The van der Waals surface area contributed by atoms with Crippen LogP contribution in [0, 0.1) is 0 Å². The maximum Gasteiger partial charge on any atom is 0.277 e. The van der Waals surface area contributed by atoms with Gasteiger partial charge in [-0.2, -0.15) is 0 Å². The highest BCUT2D eigenvalue weighted by atomic mass is 33.1. The molecule has 2 heterocycles. The van der Waals surface area contributed by atoms with E-state index >= 15 is 0 Å². The van der Waals surface area contributed by atoms with Crippen molar-refractivity contribution in [3.63, 3.8) is 0 Å². The summed E-state index contributed by atoms with van der Waals surface area (Å²) in [6.07, 6.45) is 4.97. The Balaban J connectivity index is 1.53. The number of rotatable bonds is 6. The van der Waals surface area contributed by atoms with Crippen LogP contribution in [0.2, 0.25) is 0 Å². The third kappa shape index (κ3) is 4.30. The van der Waals surface area contributed by atoms with Crippen LogP contribution in [0.25, 0.3) is 10.9 Å². The second kappa shape index (κ2) is 8.02. The SMILES string of the molecule is Cn1nnc2ccc(NC(=O)CCCC[C@H]3CCSS3)cc2c1=O. The molecule has 0 unspecified atom stereocenters. The van der Waals surface area contributed by atoms with Crippen molar-refractivity contribution in [3.8, 4) is 0 Å². The molecule has 0 aliphatic carbocycles. The number of aryl methyl sites for hydroxylation is 1. The van der Waals surface area contributed by atoms with Crippen molar-refractivity contribution in [2.75, 3.05) is 11.1 Å². The molecule has 0 radical (unpaired) electrons. The highest BCUT2D eigenvalue weighted by Crippen LogP contribution is 2.39. The number of benzene rings is 1. The number of nitrogens with zero attached hydrogens (tertiary/aromatic N) is 3. The number of carbonyl (C=O) groups excluding carboxylic acids is 1. The molecule has 1 atom stereocenters. The van der Waals surface area contributed by atoms with E-state index in [1.165, 1.54) is 23.3 Å². The molecule has 1 saturated heterocycles. The fraction of sp³-hybridized carbons (Fsp3) is 0.500. The quantitative estimate of drug-likeness (QED) is 0.627. The molecular weight excluding hydrogens is 344 g/mol. The second-order valence-electron chi connectivity index (χ2n) is 5.87. The largest absolute Gasteiger partial charge is 0.326 e. The third-order valence-corrected chi connectivity index (χ3v) is 7.01. The van der Waals surface area contributed by atoms with Gasteiger partial charge < -0.3 is 5.32 Å². The Morgan fingerprint density at radius 2 is 2.29 bits per heavy atom. The van der Waals surface area contributed by atoms with Crippen molar-refractivity contribution in [2.45, 2.75) is 37.4 Å². The van der Waals surface area contributed by atoms with E-state index < -0.39 is 0 Å². The first-order valence-electron chi connectivity index (χ1n) is 8.05. The highest BCUT2D eigenvalue weighted by Gasteiger charge is 2.16. The molecule has 128 valence electrons. The van der Waals surface area contributed by atoms with Gasteiger partial charge in [-0.15, -0.1) is 5.10 Å². The Bertz CT molecular complexity index is 787. The molecule has 1 amide bonds. The Hall–Kier alpha value is -1.54. The zero-order chi connectivity index (χ0) is 16.9. The van der Waals surface area contributed by atoms with Crippen LogP contribution in [0.5, 0.6) is 0 Å². The zero-order valence-electron chi connectivity index (χ0n) is 13.5. The molecule has 1 fully saturated rings. The lowest BCUT2D eigenvalue weighted by Gasteiger charge is -2.08. The number of carbonyl (C=O) groups is 1. The van der Waals surface area contributed by atoms with E-state index in [9.17, 15) is 9.59 Å². The van der Waals surface area contributed by atoms with Crippen molar-refractivity contribution >= 4 is 44.1 Å². The van der Waals surface area contributed by atoms with E-state index in [1.54, 1.807) is 25.2 Å². The molecular formula is C16H20N4O2S2. The van der Waals surface area contributed by atoms with Crippen LogP contribution in [-0.4, -0.2) is 31.9 Å². The van der Waals surface area contributed by atoms with Gasteiger partial charge >= 0.3 is 0 Å². The standard InChI is InChI=1S/C16H20N4O2S2/c1-20-16(22)13-10-11(6-7-14(13)18-19-20)17-15(21)5-3-2-4-12-8-9-23-24-12/h6-7,10,12H,2-5,8-9H2,1H3,(H,17,21)/t12-/m0/s1. The van der Waals surface area contributed by atoms with Crippen LogP contribution in [0.15, 0.2) is 23.0 Å². The lowest BCUT2D eigenvalue weighted by Crippen LogP contribution is -2.21. The number of hydrogen-bond acceptors (Lipinski definition) is 6. The number of fused-ring (bicyclic) bond motifs is 1. The molecule has 1 aromatic heterocycles. The van der Waals surface area contributed by atoms with Gasteiger partial charge in [0.15, 0.2) is 0 Å². The molecule has 0 saturated carbocycles. The maximum atomic E-state index is 12.1. The summed E-state index contributed by atoms with van der Waals surface area (Å²) in [5.74, 6) is 1.24. The fourth-order valence-corrected chi connectivity index (χ4v) is 5.68. The predicted molar refractivity (Wildman–Crippen MR) is 100 cm³/mol. The minimum atomic E-state index is -0.219. The van der Waals surface area contributed by atoms with Crippen molar-refractivity contribution in [1.82, 2.24) is 15.0 Å². The van der Waals surface area contributed by atoms with E-state index in [-0.39, 0.29) is 11.5 Å². The van der Waals surface area contributed by atoms with Gasteiger partial charge in [-0.05, 0) is 37.5 Å². The first-order valence-corrected chi connectivity index (χ1v) is 10.4. The van der Waals surface area contributed by atoms with Gasteiger partial charge in [0.25, 0.3) is 5.56 Å². The predicted octanol–water partition coefficient (Wildman–Crippen LogP) is 2.98. The average Bonchev–Trinajstić information content (AvgIpc) is 3.09. The molecule has 0 bridgehead atoms. The van der Waals surface area contributed by atoms with Crippen molar-refractivity contribution in [3.05, 3.63) is 28.6 Å². The van der Waals surface area contributed by atoms with Gasteiger partial charge in [0, 0.05) is 30.2 Å². The van der Waals surface area contributed by atoms with Gasteiger partial charge in [0.2, 0.25) is 5.91 Å². The molecule has 1 aliphatic heterocycles. The summed E-state index contributed by atoms with van der Waals surface area (Å²) in [7, 11) is 5.49. The van der Waals surface area contributed by atoms with Crippen molar-refractivity contribution in [2.24, 2.45) is 7.05 Å². The second-order valence-corrected chi connectivity index (χ2v) is 8.66. The monoisotopic (exact) mass is 364 g/mol. The van der Waals surface area contributed by atoms with E-state index in [1.807, 2.05) is 21.6 Å². The van der Waals surface area contributed by atoms with Crippen LogP contribution in [-0.2, 0) is 11.8 Å². The summed E-state index contributed by atoms with van der Waals surface area (Å²) in [4.78, 5) is 24.1.